The maximum absolute atomic E-state index is 12.7. The molecule has 0 unspecified atom stereocenters. The predicted octanol–water partition coefficient (Wildman–Crippen LogP) is 8.02. The van der Waals surface area contributed by atoms with Crippen LogP contribution >= 0.6 is 0 Å². The summed E-state index contributed by atoms with van der Waals surface area (Å²) in [6.45, 7) is 6.78. The predicted molar refractivity (Wildman–Crippen MR) is 160 cm³/mol. The molecule has 0 heterocycles. The van der Waals surface area contributed by atoms with Gasteiger partial charge in [0.25, 0.3) is 0 Å². The van der Waals surface area contributed by atoms with Crippen molar-refractivity contribution in [2.45, 2.75) is 58.3 Å². The van der Waals surface area contributed by atoms with E-state index in [1.54, 1.807) is 30.3 Å². The number of nitro benzene ring substituents is 1. The first-order valence-electron chi connectivity index (χ1n) is 14.2. The summed E-state index contributed by atoms with van der Waals surface area (Å²) in [6.07, 6.45) is 7.04. The summed E-state index contributed by atoms with van der Waals surface area (Å²) in [5, 5.41) is 20.6. The maximum Gasteiger partial charge on any atom is 0.343 e. The molecule has 3 aromatic carbocycles. The molecule has 3 aromatic rings. The smallest absolute Gasteiger partial charge is 0.343 e. The number of esters is 1. The molecule has 1 N–H and O–H groups in total. The van der Waals surface area contributed by atoms with Gasteiger partial charge in [-0.3, -0.25) is 10.1 Å². The highest BCUT2D eigenvalue weighted by molar-refractivity contribution is 5.92. The normalized spacial score (nSPS) is 10.6. The van der Waals surface area contributed by atoms with E-state index in [4.69, 9.17) is 19.3 Å². The highest BCUT2D eigenvalue weighted by atomic mass is 16.6. The zero-order valence-corrected chi connectivity index (χ0v) is 23.9. The van der Waals surface area contributed by atoms with Crippen LogP contribution in [-0.4, -0.2) is 35.2 Å². The fourth-order valence-electron chi connectivity index (χ4n) is 4.15. The molecule has 0 atom stereocenters. The second-order valence-electron chi connectivity index (χ2n) is 9.85. The molecular weight excluding hydrogens is 538 g/mol. The van der Waals surface area contributed by atoms with Crippen molar-refractivity contribution >= 4 is 17.6 Å². The molecule has 0 bridgehead atoms. The molecule has 0 spiro atoms. The second-order valence-corrected chi connectivity index (χ2v) is 9.85. The van der Waals surface area contributed by atoms with E-state index < -0.39 is 16.9 Å². The lowest BCUT2D eigenvalue weighted by Gasteiger charge is -2.10. The van der Waals surface area contributed by atoms with E-state index >= 15 is 0 Å². The van der Waals surface area contributed by atoms with Crippen LogP contribution in [0.15, 0.2) is 78.9 Å². The van der Waals surface area contributed by atoms with E-state index in [9.17, 15) is 19.7 Å². The van der Waals surface area contributed by atoms with Crippen molar-refractivity contribution in [1.29, 1.82) is 0 Å². The van der Waals surface area contributed by atoms with Crippen LogP contribution < -0.4 is 14.2 Å². The average molecular weight is 576 g/mol. The van der Waals surface area contributed by atoms with Crippen molar-refractivity contribution in [3.63, 3.8) is 0 Å². The Labute approximate surface area is 245 Å². The Balaban J connectivity index is 1.52. The molecule has 0 amide bonds. The van der Waals surface area contributed by atoms with Crippen LogP contribution in [0.5, 0.6) is 17.2 Å². The molecule has 0 aliphatic carbocycles. The van der Waals surface area contributed by atoms with Gasteiger partial charge in [0, 0.05) is 11.6 Å². The fraction of sp³-hybridized carbons (Fsp3) is 0.333. The number of hydrogen-bond acceptors (Lipinski definition) is 7. The SMILES string of the molecule is C=C(CCCCCCOc1ccc(C(=O)Oc2ccc(-c3ccc(OCCCCC)cc3)cc2[N+](=O)[O-])cc1)C(=O)O. The van der Waals surface area contributed by atoms with Crippen LogP contribution in [-0.2, 0) is 4.79 Å². The number of carboxylic acid groups (broad SMARTS) is 1. The van der Waals surface area contributed by atoms with Crippen LogP contribution in [0.1, 0.15) is 68.6 Å². The van der Waals surface area contributed by atoms with Crippen molar-refractivity contribution in [3.8, 4) is 28.4 Å². The van der Waals surface area contributed by atoms with Crippen molar-refractivity contribution in [2.75, 3.05) is 13.2 Å². The third kappa shape index (κ3) is 10.1. The van der Waals surface area contributed by atoms with Crippen molar-refractivity contribution < 1.29 is 33.8 Å². The summed E-state index contributed by atoms with van der Waals surface area (Å²) >= 11 is 0. The van der Waals surface area contributed by atoms with Gasteiger partial charge in [-0.05, 0) is 79.3 Å². The van der Waals surface area contributed by atoms with Gasteiger partial charge in [-0.25, -0.2) is 9.59 Å². The lowest BCUT2D eigenvalue weighted by molar-refractivity contribution is -0.385. The molecule has 0 saturated heterocycles. The molecule has 3 rings (SSSR count). The monoisotopic (exact) mass is 575 g/mol. The van der Waals surface area contributed by atoms with Gasteiger partial charge in [-0.1, -0.05) is 57.4 Å². The third-order valence-corrected chi connectivity index (χ3v) is 6.60. The van der Waals surface area contributed by atoms with E-state index in [0.717, 1.165) is 56.3 Å². The molecule has 0 aliphatic rings. The first-order valence-corrected chi connectivity index (χ1v) is 14.2. The summed E-state index contributed by atoms with van der Waals surface area (Å²) in [6, 6.07) is 18.2. The van der Waals surface area contributed by atoms with Gasteiger partial charge >= 0.3 is 17.6 Å². The minimum atomic E-state index is -0.956. The summed E-state index contributed by atoms with van der Waals surface area (Å²) in [5.74, 6) is -0.494. The van der Waals surface area contributed by atoms with Gasteiger partial charge < -0.3 is 19.3 Å². The van der Waals surface area contributed by atoms with Crippen LogP contribution in [0, 0.1) is 10.1 Å². The van der Waals surface area contributed by atoms with Gasteiger partial charge in [0.15, 0.2) is 0 Å². The molecule has 9 nitrogen and oxygen atoms in total. The lowest BCUT2D eigenvalue weighted by atomic mass is 10.0. The molecule has 0 fully saturated rings. The van der Waals surface area contributed by atoms with Crippen molar-refractivity contribution in [3.05, 3.63) is 94.6 Å². The second kappa shape index (κ2) is 16.6. The van der Waals surface area contributed by atoms with Crippen LogP contribution in [0.3, 0.4) is 0 Å². The van der Waals surface area contributed by atoms with Crippen LogP contribution in [0.4, 0.5) is 5.69 Å². The van der Waals surface area contributed by atoms with E-state index in [0.29, 0.717) is 30.9 Å². The minimum absolute atomic E-state index is 0.142. The molecule has 0 radical (unpaired) electrons. The van der Waals surface area contributed by atoms with E-state index in [-0.39, 0.29) is 22.6 Å². The van der Waals surface area contributed by atoms with Crippen LogP contribution in [0.2, 0.25) is 0 Å². The van der Waals surface area contributed by atoms with Gasteiger partial charge in [0.2, 0.25) is 5.75 Å². The van der Waals surface area contributed by atoms with E-state index in [1.165, 1.54) is 12.1 Å². The number of nitrogens with zero attached hydrogens (tertiary/aromatic N) is 1. The number of rotatable bonds is 18. The van der Waals surface area contributed by atoms with E-state index in [1.807, 2.05) is 24.3 Å². The number of aliphatic carboxylic acids is 1. The van der Waals surface area contributed by atoms with Gasteiger partial charge in [0.1, 0.15) is 11.5 Å². The van der Waals surface area contributed by atoms with Gasteiger partial charge in [-0.15, -0.1) is 0 Å². The Hall–Kier alpha value is -4.66. The topological polar surface area (TPSA) is 125 Å². The number of carboxylic acids is 1. The standard InChI is InChI=1S/C33H37NO8/c1-3-4-8-21-40-28-16-11-25(12-17-28)27-15-20-31(30(23-27)34(38)39)42-33(37)26-13-18-29(19-14-26)41-22-9-6-5-7-10-24(2)32(35)36/h11-20,23H,2-10,21-22H2,1H3,(H,35,36). The zero-order chi connectivity index (χ0) is 30.3. The molecule has 0 aromatic heterocycles. The Bertz CT molecular complexity index is 1350. The molecule has 0 saturated carbocycles. The Morgan fingerprint density at radius 1 is 0.810 bits per heavy atom. The fourth-order valence-corrected chi connectivity index (χ4v) is 4.15. The summed E-state index contributed by atoms with van der Waals surface area (Å²) in [7, 11) is 0. The molecule has 222 valence electrons. The number of ether oxygens (including phenoxy) is 3. The highest BCUT2D eigenvalue weighted by Gasteiger charge is 2.20. The maximum atomic E-state index is 12.7. The zero-order valence-electron chi connectivity index (χ0n) is 23.9. The van der Waals surface area contributed by atoms with E-state index in [2.05, 4.69) is 13.5 Å². The highest BCUT2D eigenvalue weighted by Crippen LogP contribution is 2.33. The molecular formula is C33H37NO8. The summed E-state index contributed by atoms with van der Waals surface area (Å²) < 4.78 is 16.8. The summed E-state index contributed by atoms with van der Waals surface area (Å²) in [4.78, 5) is 34.7. The number of nitro groups is 1. The number of carbonyl (C=O) groups is 2. The Kier molecular flexibility index (Phi) is 12.6. The number of unbranched alkanes of at least 4 members (excludes halogenated alkanes) is 5. The minimum Gasteiger partial charge on any atom is -0.494 e. The number of benzene rings is 3. The van der Waals surface area contributed by atoms with Gasteiger partial charge in [-0.2, -0.15) is 0 Å². The molecule has 42 heavy (non-hydrogen) atoms. The van der Waals surface area contributed by atoms with Gasteiger partial charge in [0.05, 0.1) is 23.7 Å². The van der Waals surface area contributed by atoms with Crippen molar-refractivity contribution in [2.24, 2.45) is 0 Å². The quantitative estimate of drug-likeness (QED) is 0.0404. The number of hydrogen-bond donors (Lipinski definition) is 1. The Morgan fingerprint density at radius 2 is 1.38 bits per heavy atom. The number of carbonyl (C=O) groups excluding carboxylic acids is 1. The van der Waals surface area contributed by atoms with Crippen molar-refractivity contribution in [1.82, 2.24) is 0 Å². The van der Waals surface area contributed by atoms with Crippen LogP contribution in [0.25, 0.3) is 11.1 Å². The third-order valence-electron chi connectivity index (χ3n) is 6.60. The first-order chi connectivity index (χ1) is 20.3. The Morgan fingerprint density at radius 3 is 1.98 bits per heavy atom. The molecule has 0 aliphatic heterocycles. The first kappa shape index (κ1) is 31.9. The average Bonchev–Trinajstić information content (AvgIpc) is 2.99. The molecule has 9 heteroatoms. The summed E-state index contributed by atoms with van der Waals surface area (Å²) in [5.41, 5.74) is 1.53. The largest absolute Gasteiger partial charge is 0.494 e. The lowest BCUT2D eigenvalue weighted by Crippen LogP contribution is -2.10.